The Bertz CT molecular complexity index is 121. The van der Waals surface area contributed by atoms with E-state index in [1.54, 1.807) is 0 Å². The summed E-state index contributed by atoms with van der Waals surface area (Å²) in [4.78, 5) is 0. The molecule has 1 aliphatic carbocycles. The van der Waals surface area contributed by atoms with E-state index in [4.69, 9.17) is 5.11 Å². The second kappa shape index (κ2) is 4.27. The van der Waals surface area contributed by atoms with Crippen molar-refractivity contribution in [2.24, 2.45) is 23.7 Å². The Kier molecular flexibility index (Phi) is 3.57. The Morgan fingerprint density at radius 2 is 1.58 bits per heavy atom. The van der Waals surface area contributed by atoms with Crippen LogP contribution in [0.15, 0.2) is 0 Å². The average Bonchev–Trinajstić information content (AvgIpc) is 1.96. The molecule has 1 heteroatoms. The zero-order chi connectivity index (χ0) is 9.14. The molecule has 0 aromatic rings. The Balaban J connectivity index is 2.48. The van der Waals surface area contributed by atoms with Crippen LogP contribution in [0.25, 0.3) is 0 Å². The van der Waals surface area contributed by atoms with Crippen LogP contribution in [0.2, 0.25) is 0 Å². The molecule has 2 unspecified atom stereocenters. The van der Waals surface area contributed by atoms with E-state index in [0.717, 1.165) is 30.1 Å². The van der Waals surface area contributed by atoms with Gasteiger partial charge in [0.25, 0.3) is 0 Å². The fourth-order valence-electron chi connectivity index (χ4n) is 2.99. The molecule has 0 bridgehead atoms. The van der Waals surface area contributed by atoms with Crippen LogP contribution in [-0.2, 0) is 0 Å². The third-order valence-electron chi connectivity index (χ3n) is 3.47. The summed E-state index contributed by atoms with van der Waals surface area (Å²) in [5, 5.41) is 8.92. The summed E-state index contributed by atoms with van der Waals surface area (Å²) >= 11 is 0. The van der Waals surface area contributed by atoms with Gasteiger partial charge in [0.05, 0.1) is 0 Å². The number of hydrogen-bond acceptors (Lipinski definition) is 1. The monoisotopic (exact) mass is 170 g/mol. The van der Waals surface area contributed by atoms with Crippen LogP contribution in [0.5, 0.6) is 0 Å². The van der Waals surface area contributed by atoms with Crippen molar-refractivity contribution < 1.29 is 5.11 Å². The van der Waals surface area contributed by atoms with Gasteiger partial charge >= 0.3 is 0 Å². The zero-order valence-electron chi connectivity index (χ0n) is 8.59. The first-order valence-electron chi connectivity index (χ1n) is 5.26. The van der Waals surface area contributed by atoms with Crippen molar-refractivity contribution in [3.8, 4) is 0 Å². The van der Waals surface area contributed by atoms with E-state index in [2.05, 4.69) is 20.8 Å². The molecule has 0 radical (unpaired) electrons. The van der Waals surface area contributed by atoms with Crippen molar-refractivity contribution in [2.75, 3.05) is 6.61 Å². The lowest BCUT2D eigenvalue weighted by Gasteiger charge is -2.37. The highest BCUT2D eigenvalue weighted by atomic mass is 16.3. The van der Waals surface area contributed by atoms with E-state index in [1.165, 1.54) is 12.8 Å². The highest BCUT2D eigenvalue weighted by Crippen LogP contribution is 2.39. The highest BCUT2D eigenvalue weighted by Gasteiger charge is 2.30. The summed E-state index contributed by atoms with van der Waals surface area (Å²) in [7, 11) is 0. The summed E-state index contributed by atoms with van der Waals surface area (Å²) in [6.07, 6.45) is 3.72. The first-order valence-corrected chi connectivity index (χ1v) is 5.26. The SMILES string of the molecule is CC1C[C@@H](C)C(CCO)[C@@H](C)C1. The molecule has 1 fully saturated rings. The highest BCUT2D eigenvalue weighted by molar-refractivity contribution is 4.80. The van der Waals surface area contributed by atoms with Gasteiger partial charge in [-0.05, 0) is 42.9 Å². The van der Waals surface area contributed by atoms with Crippen LogP contribution in [0, 0.1) is 23.7 Å². The van der Waals surface area contributed by atoms with E-state index >= 15 is 0 Å². The van der Waals surface area contributed by atoms with E-state index in [9.17, 15) is 0 Å². The van der Waals surface area contributed by atoms with Crippen LogP contribution < -0.4 is 0 Å². The standard InChI is InChI=1S/C11H22O/c1-8-6-9(2)11(4-5-12)10(3)7-8/h8-12H,4-7H2,1-3H3/t8?,9-,10+,11?. The van der Waals surface area contributed by atoms with Crippen LogP contribution >= 0.6 is 0 Å². The summed E-state index contributed by atoms with van der Waals surface area (Å²) in [5.74, 6) is 3.29. The molecule has 0 saturated heterocycles. The molecule has 0 aromatic carbocycles. The minimum absolute atomic E-state index is 0.369. The number of hydrogen-bond donors (Lipinski definition) is 1. The van der Waals surface area contributed by atoms with Gasteiger partial charge in [-0.3, -0.25) is 0 Å². The number of rotatable bonds is 2. The van der Waals surface area contributed by atoms with Gasteiger partial charge < -0.3 is 5.11 Å². The fourth-order valence-corrected chi connectivity index (χ4v) is 2.99. The molecule has 1 nitrogen and oxygen atoms in total. The van der Waals surface area contributed by atoms with E-state index < -0.39 is 0 Å². The summed E-state index contributed by atoms with van der Waals surface area (Å²) in [6, 6.07) is 0. The molecule has 1 rings (SSSR count). The van der Waals surface area contributed by atoms with Gasteiger partial charge in [-0.25, -0.2) is 0 Å². The van der Waals surface area contributed by atoms with Gasteiger partial charge in [-0.1, -0.05) is 20.8 Å². The van der Waals surface area contributed by atoms with E-state index in [1.807, 2.05) is 0 Å². The lowest BCUT2D eigenvalue weighted by atomic mass is 9.68. The first-order chi connectivity index (χ1) is 5.65. The minimum atomic E-state index is 0.369. The molecule has 0 heterocycles. The van der Waals surface area contributed by atoms with Crippen LogP contribution in [0.4, 0.5) is 0 Å². The second-order valence-electron chi connectivity index (χ2n) is 4.71. The minimum Gasteiger partial charge on any atom is -0.396 e. The molecule has 0 aromatic heterocycles. The van der Waals surface area contributed by atoms with Gasteiger partial charge in [-0.15, -0.1) is 0 Å². The maximum absolute atomic E-state index is 8.92. The number of aliphatic hydroxyl groups is 1. The topological polar surface area (TPSA) is 20.2 Å². The third-order valence-corrected chi connectivity index (χ3v) is 3.47. The molecule has 72 valence electrons. The van der Waals surface area contributed by atoms with E-state index in [-0.39, 0.29) is 0 Å². The summed E-state index contributed by atoms with van der Waals surface area (Å²) in [6.45, 7) is 7.40. The van der Waals surface area contributed by atoms with Crippen molar-refractivity contribution in [3.63, 3.8) is 0 Å². The van der Waals surface area contributed by atoms with Crippen molar-refractivity contribution in [3.05, 3.63) is 0 Å². The Labute approximate surface area is 76.2 Å². The van der Waals surface area contributed by atoms with Crippen molar-refractivity contribution >= 4 is 0 Å². The maximum atomic E-state index is 8.92. The third kappa shape index (κ3) is 2.22. The lowest BCUT2D eigenvalue weighted by molar-refractivity contribution is 0.105. The van der Waals surface area contributed by atoms with Gasteiger partial charge in [0.15, 0.2) is 0 Å². The molecule has 0 amide bonds. The average molecular weight is 170 g/mol. The molecule has 1 saturated carbocycles. The number of aliphatic hydroxyl groups excluding tert-OH is 1. The van der Waals surface area contributed by atoms with Crippen molar-refractivity contribution in [1.29, 1.82) is 0 Å². The van der Waals surface area contributed by atoms with E-state index in [0.29, 0.717) is 6.61 Å². The second-order valence-corrected chi connectivity index (χ2v) is 4.71. The van der Waals surface area contributed by atoms with Crippen LogP contribution in [0.3, 0.4) is 0 Å². The van der Waals surface area contributed by atoms with Crippen molar-refractivity contribution in [2.45, 2.75) is 40.0 Å². The van der Waals surface area contributed by atoms with Crippen LogP contribution in [-0.4, -0.2) is 11.7 Å². The smallest absolute Gasteiger partial charge is 0.0433 e. The summed E-state index contributed by atoms with van der Waals surface area (Å²) in [5.41, 5.74) is 0. The molecule has 12 heavy (non-hydrogen) atoms. The Hall–Kier alpha value is -0.0400. The molecule has 1 aliphatic rings. The van der Waals surface area contributed by atoms with Gasteiger partial charge in [0.2, 0.25) is 0 Å². The predicted octanol–water partition coefficient (Wildman–Crippen LogP) is 2.69. The Morgan fingerprint density at radius 1 is 1.08 bits per heavy atom. The van der Waals surface area contributed by atoms with Gasteiger partial charge in [-0.2, -0.15) is 0 Å². The largest absolute Gasteiger partial charge is 0.396 e. The van der Waals surface area contributed by atoms with Crippen molar-refractivity contribution in [1.82, 2.24) is 0 Å². The van der Waals surface area contributed by atoms with Crippen LogP contribution in [0.1, 0.15) is 40.0 Å². The molecule has 0 spiro atoms. The predicted molar refractivity (Wildman–Crippen MR) is 51.9 cm³/mol. The Morgan fingerprint density at radius 3 is 2.00 bits per heavy atom. The van der Waals surface area contributed by atoms with Gasteiger partial charge in [0.1, 0.15) is 0 Å². The first kappa shape index (κ1) is 10.0. The molecule has 0 aliphatic heterocycles. The molecular formula is C11H22O. The fraction of sp³-hybridized carbons (Fsp3) is 1.00. The maximum Gasteiger partial charge on any atom is 0.0433 e. The summed E-state index contributed by atoms with van der Waals surface area (Å²) < 4.78 is 0. The zero-order valence-corrected chi connectivity index (χ0v) is 8.59. The quantitative estimate of drug-likeness (QED) is 0.675. The molecular weight excluding hydrogens is 148 g/mol. The van der Waals surface area contributed by atoms with Gasteiger partial charge in [0, 0.05) is 6.61 Å². The molecule has 4 atom stereocenters. The molecule has 1 N–H and O–H groups in total. The normalized spacial score (nSPS) is 43.0. The lowest BCUT2D eigenvalue weighted by Crippen LogP contribution is -2.29.